The van der Waals surface area contributed by atoms with E-state index in [-0.39, 0.29) is 24.0 Å². The number of ether oxygens (including phenoxy) is 1. The van der Waals surface area contributed by atoms with Gasteiger partial charge in [-0.1, -0.05) is 18.2 Å². The van der Waals surface area contributed by atoms with E-state index >= 15 is 0 Å². The molecule has 2 rings (SSSR count). The molecule has 0 amide bonds. The van der Waals surface area contributed by atoms with E-state index in [0.717, 1.165) is 42.7 Å². The van der Waals surface area contributed by atoms with Gasteiger partial charge in [0.1, 0.15) is 10.8 Å². The highest BCUT2D eigenvalue weighted by molar-refractivity contribution is 14.0. The Bertz CT molecular complexity index is 604. The first-order valence-corrected chi connectivity index (χ1v) is 8.63. The van der Waals surface area contributed by atoms with Crippen LogP contribution in [0.1, 0.15) is 22.7 Å². The molecule has 0 spiro atoms. The third-order valence-electron chi connectivity index (χ3n) is 3.18. The molecule has 0 bridgehead atoms. The zero-order valence-corrected chi connectivity index (χ0v) is 17.3. The number of rotatable bonds is 8. The Morgan fingerprint density at radius 1 is 1.21 bits per heavy atom. The molecule has 0 atom stereocenters. The lowest BCUT2D eigenvalue weighted by molar-refractivity contribution is 0.307. The second-order valence-corrected chi connectivity index (χ2v) is 6.41. The molecule has 1 aromatic carbocycles. The number of thiazole rings is 1. The van der Waals surface area contributed by atoms with Crippen molar-refractivity contribution in [2.45, 2.75) is 26.3 Å². The molecule has 0 saturated heterocycles. The Kier molecular flexibility index (Phi) is 10.4. The summed E-state index contributed by atoms with van der Waals surface area (Å²) in [4.78, 5) is 9.77. The molecule has 24 heavy (non-hydrogen) atoms. The summed E-state index contributed by atoms with van der Waals surface area (Å²) >= 11 is 1.70. The minimum absolute atomic E-state index is 0. The van der Waals surface area contributed by atoms with Gasteiger partial charge in [-0.2, -0.15) is 0 Å². The molecule has 0 aliphatic carbocycles. The van der Waals surface area contributed by atoms with Gasteiger partial charge < -0.3 is 15.4 Å². The SMILES string of the molecule is CN=C(NCCCCOc1ccccc1)NCc1ncc(C)s1.I. The predicted octanol–water partition coefficient (Wildman–Crippen LogP) is 3.59. The minimum atomic E-state index is 0. The highest BCUT2D eigenvalue weighted by atomic mass is 127. The standard InChI is InChI=1S/C17H24N4OS.HI/c1-14-12-20-16(23-14)13-21-17(18-2)19-10-6-7-11-22-15-8-4-3-5-9-15;/h3-5,8-9,12H,6-7,10-11,13H2,1-2H3,(H2,18,19,21);1H. The van der Waals surface area contributed by atoms with Crippen molar-refractivity contribution in [2.75, 3.05) is 20.2 Å². The van der Waals surface area contributed by atoms with Crippen LogP contribution < -0.4 is 15.4 Å². The van der Waals surface area contributed by atoms with E-state index in [1.165, 1.54) is 4.88 Å². The van der Waals surface area contributed by atoms with Gasteiger partial charge in [0.25, 0.3) is 0 Å². The molecule has 2 aromatic rings. The summed E-state index contributed by atoms with van der Waals surface area (Å²) < 4.78 is 5.67. The average molecular weight is 460 g/mol. The van der Waals surface area contributed by atoms with E-state index < -0.39 is 0 Å². The van der Waals surface area contributed by atoms with Gasteiger partial charge in [0.05, 0.1) is 13.2 Å². The molecule has 1 aromatic heterocycles. The smallest absolute Gasteiger partial charge is 0.191 e. The molecular weight excluding hydrogens is 435 g/mol. The van der Waals surface area contributed by atoms with Crippen molar-refractivity contribution in [3.8, 4) is 5.75 Å². The van der Waals surface area contributed by atoms with Crippen molar-refractivity contribution in [1.82, 2.24) is 15.6 Å². The maximum absolute atomic E-state index is 5.67. The van der Waals surface area contributed by atoms with Crippen LogP contribution in [0.25, 0.3) is 0 Å². The average Bonchev–Trinajstić information content (AvgIpc) is 3.00. The Hall–Kier alpha value is -1.35. The number of aliphatic imine (C=N–C) groups is 1. The van der Waals surface area contributed by atoms with Gasteiger partial charge in [-0.05, 0) is 31.9 Å². The molecule has 5 nitrogen and oxygen atoms in total. The Labute approximate surface area is 165 Å². The number of para-hydroxylation sites is 1. The van der Waals surface area contributed by atoms with Gasteiger partial charge in [-0.25, -0.2) is 4.98 Å². The Morgan fingerprint density at radius 2 is 2.00 bits per heavy atom. The Morgan fingerprint density at radius 3 is 2.67 bits per heavy atom. The Balaban J connectivity index is 0.00000288. The highest BCUT2D eigenvalue weighted by Crippen LogP contribution is 2.10. The summed E-state index contributed by atoms with van der Waals surface area (Å²) in [5.41, 5.74) is 0. The molecule has 132 valence electrons. The fourth-order valence-corrected chi connectivity index (χ4v) is 2.73. The molecule has 2 N–H and O–H groups in total. The van der Waals surface area contributed by atoms with Gasteiger partial charge in [0.15, 0.2) is 5.96 Å². The zero-order chi connectivity index (χ0) is 16.3. The first kappa shape index (κ1) is 20.7. The fourth-order valence-electron chi connectivity index (χ4n) is 2.00. The summed E-state index contributed by atoms with van der Waals surface area (Å²) in [6.07, 6.45) is 3.93. The molecule has 1 heterocycles. The summed E-state index contributed by atoms with van der Waals surface area (Å²) in [6, 6.07) is 9.91. The number of aryl methyl sites for hydroxylation is 1. The van der Waals surface area contributed by atoms with Crippen molar-refractivity contribution in [1.29, 1.82) is 0 Å². The van der Waals surface area contributed by atoms with Crippen molar-refractivity contribution in [3.63, 3.8) is 0 Å². The van der Waals surface area contributed by atoms with Crippen LogP contribution in [0.4, 0.5) is 0 Å². The van der Waals surface area contributed by atoms with Crippen molar-refractivity contribution in [3.05, 3.63) is 46.4 Å². The number of unbranched alkanes of at least 4 members (excludes halogenated alkanes) is 1. The number of guanidine groups is 1. The lowest BCUT2D eigenvalue weighted by Gasteiger charge is -2.11. The number of aromatic nitrogens is 1. The third kappa shape index (κ3) is 7.96. The first-order valence-electron chi connectivity index (χ1n) is 7.81. The lowest BCUT2D eigenvalue weighted by atomic mass is 10.3. The van der Waals surface area contributed by atoms with Crippen LogP contribution in [0.15, 0.2) is 41.5 Å². The molecule has 0 saturated carbocycles. The second kappa shape index (κ2) is 12.1. The quantitative estimate of drug-likeness (QED) is 0.274. The topological polar surface area (TPSA) is 58.5 Å². The molecule has 0 aliphatic heterocycles. The first-order chi connectivity index (χ1) is 11.3. The van der Waals surface area contributed by atoms with E-state index in [4.69, 9.17) is 4.74 Å². The van der Waals surface area contributed by atoms with Crippen LogP contribution in [-0.4, -0.2) is 31.1 Å². The van der Waals surface area contributed by atoms with E-state index in [0.29, 0.717) is 6.54 Å². The number of nitrogens with one attached hydrogen (secondary N) is 2. The van der Waals surface area contributed by atoms with Crippen LogP contribution in [0.5, 0.6) is 5.75 Å². The van der Waals surface area contributed by atoms with Gasteiger partial charge >= 0.3 is 0 Å². The number of benzene rings is 1. The third-order valence-corrected chi connectivity index (χ3v) is 4.09. The second-order valence-electron chi connectivity index (χ2n) is 5.09. The number of hydrogen-bond acceptors (Lipinski definition) is 4. The molecule has 7 heteroatoms. The van der Waals surface area contributed by atoms with E-state index in [1.54, 1.807) is 18.4 Å². The summed E-state index contributed by atoms with van der Waals surface area (Å²) in [7, 11) is 1.78. The van der Waals surface area contributed by atoms with Gasteiger partial charge in [0.2, 0.25) is 0 Å². The number of halogens is 1. The van der Waals surface area contributed by atoms with Crippen molar-refractivity contribution >= 4 is 41.3 Å². The highest BCUT2D eigenvalue weighted by Gasteiger charge is 2.01. The van der Waals surface area contributed by atoms with Crippen LogP contribution in [-0.2, 0) is 6.54 Å². The van der Waals surface area contributed by atoms with Crippen LogP contribution in [0.3, 0.4) is 0 Å². The van der Waals surface area contributed by atoms with Crippen molar-refractivity contribution in [2.24, 2.45) is 4.99 Å². The molecule has 0 radical (unpaired) electrons. The van der Waals surface area contributed by atoms with Gasteiger partial charge in [-0.3, -0.25) is 4.99 Å². The number of nitrogens with zero attached hydrogens (tertiary/aromatic N) is 2. The molecule has 0 unspecified atom stereocenters. The summed E-state index contributed by atoms with van der Waals surface area (Å²) in [5, 5.41) is 7.65. The zero-order valence-electron chi connectivity index (χ0n) is 14.1. The number of hydrogen-bond donors (Lipinski definition) is 2. The maximum Gasteiger partial charge on any atom is 0.191 e. The summed E-state index contributed by atoms with van der Waals surface area (Å²) in [5.74, 6) is 1.73. The van der Waals surface area contributed by atoms with Crippen LogP contribution >= 0.6 is 35.3 Å². The van der Waals surface area contributed by atoms with E-state index in [9.17, 15) is 0 Å². The minimum Gasteiger partial charge on any atom is -0.494 e. The monoisotopic (exact) mass is 460 g/mol. The normalized spacial score (nSPS) is 10.8. The van der Waals surface area contributed by atoms with Gasteiger partial charge in [0, 0.05) is 24.7 Å². The molecule has 0 aliphatic rings. The lowest BCUT2D eigenvalue weighted by Crippen LogP contribution is -2.37. The predicted molar refractivity (Wildman–Crippen MR) is 112 cm³/mol. The largest absolute Gasteiger partial charge is 0.494 e. The molecular formula is C17H25IN4OS. The van der Waals surface area contributed by atoms with Crippen molar-refractivity contribution < 1.29 is 4.74 Å². The summed E-state index contributed by atoms with van der Waals surface area (Å²) in [6.45, 7) is 4.37. The van der Waals surface area contributed by atoms with E-state index in [2.05, 4.69) is 27.5 Å². The van der Waals surface area contributed by atoms with Gasteiger partial charge in [-0.15, -0.1) is 35.3 Å². The molecule has 0 fully saturated rings. The van der Waals surface area contributed by atoms with E-state index in [1.807, 2.05) is 36.5 Å². The maximum atomic E-state index is 5.67. The fraction of sp³-hybridized carbons (Fsp3) is 0.412. The van der Waals surface area contributed by atoms with Crippen LogP contribution in [0, 0.1) is 6.92 Å². The van der Waals surface area contributed by atoms with Crippen LogP contribution in [0.2, 0.25) is 0 Å².